The van der Waals surface area contributed by atoms with Crippen molar-refractivity contribution < 1.29 is 23.9 Å². The molecule has 30 heavy (non-hydrogen) atoms. The van der Waals surface area contributed by atoms with E-state index in [9.17, 15) is 19.2 Å². The second-order valence-corrected chi connectivity index (χ2v) is 8.26. The van der Waals surface area contributed by atoms with E-state index in [1.54, 1.807) is 0 Å². The van der Waals surface area contributed by atoms with Crippen molar-refractivity contribution in [3.05, 3.63) is 58.7 Å². The molecule has 4 rings (SSSR count). The molecule has 1 heterocycles. The number of carbonyl (C=O) groups excluding carboxylic acids is 4. The van der Waals surface area contributed by atoms with Crippen molar-refractivity contribution in [3.63, 3.8) is 0 Å². The quantitative estimate of drug-likeness (QED) is 0.435. The highest BCUT2D eigenvalue weighted by molar-refractivity contribution is 8.00. The number of anilines is 1. The van der Waals surface area contributed by atoms with Gasteiger partial charge in [-0.2, -0.15) is 0 Å². The molecule has 2 aliphatic rings. The Labute approximate surface area is 177 Å². The lowest BCUT2D eigenvalue weighted by Crippen LogP contribution is -2.24. The van der Waals surface area contributed by atoms with Crippen molar-refractivity contribution in [1.82, 2.24) is 4.90 Å². The van der Waals surface area contributed by atoms with Gasteiger partial charge in [-0.15, -0.1) is 11.8 Å². The molecule has 0 saturated heterocycles. The smallest absolute Gasteiger partial charge is 0.316 e. The van der Waals surface area contributed by atoms with Gasteiger partial charge in [-0.3, -0.25) is 24.1 Å². The van der Waals surface area contributed by atoms with Crippen LogP contribution in [0, 0.1) is 0 Å². The fraction of sp³-hybridized carbons (Fsp3) is 0.273. The first-order chi connectivity index (χ1) is 14.4. The molecule has 0 unspecified atom stereocenters. The Morgan fingerprint density at radius 2 is 1.80 bits per heavy atom. The fourth-order valence-electron chi connectivity index (χ4n) is 3.60. The molecule has 0 aromatic heterocycles. The standard InChI is InChI=1S/C22H20N2O5S/c1-24-21(27)17-8-6-15(10-18(17)22(24)28)23-19(25)11-29-20(26)12-30-16-7-5-13-3-2-4-14(13)9-16/h5-10H,2-4,11-12H2,1H3,(H,23,25). The van der Waals surface area contributed by atoms with Gasteiger partial charge in [0, 0.05) is 17.6 Å². The lowest BCUT2D eigenvalue weighted by atomic mass is 10.1. The van der Waals surface area contributed by atoms with Crippen LogP contribution >= 0.6 is 11.8 Å². The molecule has 1 aliphatic carbocycles. The zero-order valence-corrected chi connectivity index (χ0v) is 17.2. The number of ether oxygens (including phenoxy) is 1. The summed E-state index contributed by atoms with van der Waals surface area (Å²) >= 11 is 1.38. The number of imide groups is 1. The summed E-state index contributed by atoms with van der Waals surface area (Å²) in [5, 5.41) is 2.57. The van der Waals surface area contributed by atoms with E-state index in [4.69, 9.17) is 4.74 Å². The summed E-state index contributed by atoms with van der Waals surface area (Å²) in [4.78, 5) is 50.0. The van der Waals surface area contributed by atoms with Crippen molar-refractivity contribution in [3.8, 4) is 0 Å². The third kappa shape index (κ3) is 4.09. The normalized spacial score (nSPS) is 14.5. The molecular formula is C22H20N2O5S. The average molecular weight is 424 g/mol. The van der Waals surface area contributed by atoms with E-state index in [-0.39, 0.29) is 17.2 Å². The average Bonchev–Trinajstić information content (AvgIpc) is 3.29. The highest BCUT2D eigenvalue weighted by atomic mass is 32.2. The molecular weight excluding hydrogens is 404 g/mol. The Morgan fingerprint density at radius 1 is 1.03 bits per heavy atom. The SMILES string of the molecule is CN1C(=O)c2ccc(NC(=O)COC(=O)CSc3ccc4c(c3)CCC4)cc2C1=O. The van der Waals surface area contributed by atoms with Crippen LogP contribution in [0.3, 0.4) is 0 Å². The zero-order chi connectivity index (χ0) is 21.3. The number of thioether (sulfide) groups is 1. The van der Waals surface area contributed by atoms with E-state index in [1.807, 2.05) is 6.07 Å². The van der Waals surface area contributed by atoms with Gasteiger partial charge in [0.1, 0.15) is 0 Å². The van der Waals surface area contributed by atoms with Gasteiger partial charge in [0.2, 0.25) is 0 Å². The molecule has 7 nitrogen and oxygen atoms in total. The highest BCUT2D eigenvalue weighted by Gasteiger charge is 2.32. The van der Waals surface area contributed by atoms with Crippen LogP contribution in [0.2, 0.25) is 0 Å². The van der Waals surface area contributed by atoms with Gasteiger partial charge in [0.15, 0.2) is 6.61 Å². The summed E-state index contributed by atoms with van der Waals surface area (Å²) in [6.07, 6.45) is 3.36. The van der Waals surface area contributed by atoms with Gasteiger partial charge < -0.3 is 10.1 Å². The van der Waals surface area contributed by atoms with E-state index in [0.717, 1.165) is 22.6 Å². The Bertz CT molecular complexity index is 1070. The van der Waals surface area contributed by atoms with Crippen LogP contribution in [0.4, 0.5) is 5.69 Å². The number of esters is 1. The minimum atomic E-state index is -0.518. The molecule has 0 spiro atoms. The molecule has 2 aromatic carbocycles. The predicted molar refractivity (Wildman–Crippen MR) is 112 cm³/mol. The molecule has 8 heteroatoms. The number of benzene rings is 2. The second-order valence-electron chi connectivity index (χ2n) is 7.21. The molecule has 154 valence electrons. The van der Waals surface area contributed by atoms with Crippen LogP contribution in [0.15, 0.2) is 41.3 Å². The topological polar surface area (TPSA) is 92.8 Å². The van der Waals surface area contributed by atoms with E-state index in [1.165, 1.54) is 54.6 Å². The Balaban J connectivity index is 1.25. The minimum Gasteiger partial charge on any atom is -0.455 e. The van der Waals surface area contributed by atoms with Crippen molar-refractivity contribution in [1.29, 1.82) is 0 Å². The number of aryl methyl sites for hydroxylation is 2. The monoisotopic (exact) mass is 424 g/mol. The molecule has 0 fully saturated rings. The summed E-state index contributed by atoms with van der Waals surface area (Å²) in [5.41, 5.74) is 3.62. The Morgan fingerprint density at radius 3 is 2.63 bits per heavy atom. The molecule has 0 atom stereocenters. The van der Waals surface area contributed by atoms with Gasteiger partial charge in [-0.25, -0.2) is 0 Å². The van der Waals surface area contributed by atoms with Gasteiger partial charge in [-0.05, 0) is 60.7 Å². The largest absolute Gasteiger partial charge is 0.455 e. The van der Waals surface area contributed by atoms with Crippen LogP contribution in [0.5, 0.6) is 0 Å². The minimum absolute atomic E-state index is 0.119. The maximum atomic E-state index is 12.1. The van der Waals surface area contributed by atoms with Crippen molar-refractivity contribution in [2.45, 2.75) is 24.2 Å². The number of fused-ring (bicyclic) bond motifs is 2. The third-order valence-electron chi connectivity index (χ3n) is 5.16. The number of rotatable bonds is 6. The lowest BCUT2D eigenvalue weighted by molar-refractivity contribution is -0.144. The Kier molecular flexibility index (Phi) is 5.59. The molecule has 0 saturated carbocycles. The first-order valence-electron chi connectivity index (χ1n) is 9.59. The third-order valence-corrected chi connectivity index (χ3v) is 6.13. The van der Waals surface area contributed by atoms with Crippen molar-refractivity contribution >= 4 is 41.1 Å². The van der Waals surface area contributed by atoms with E-state index >= 15 is 0 Å². The van der Waals surface area contributed by atoms with Crippen LogP contribution in [0.25, 0.3) is 0 Å². The highest BCUT2D eigenvalue weighted by Crippen LogP contribution is 2.28. The van der Waals surface area contributed by atoms with Crippen LogP contribution in [-0.2, 0) is 27.2 Å². The van der Waals surface area contributed by atoms with Crippen molar-refractivity contribution in [2.24, 2.45) is 0 Å². The number of hydrogen-bond acceptors (Lipinski definition) is 6. The first kappa shape index (κ1) is 20.2. The molecule has 2 aromatic rings. The van der Waals surface area contributed by atoms with Gasteiger partial charge in [0.05, 0.1) is 16.9 Å². The lowest BCUT2D eigenvalue weighted by Gasteiger charge is -2.08. The Hall–Kier alpha value is -3.13. The molecule has 1 aliphatic heterocycles. The van der Waals surface area contributed by atoms with E-state index < -0.39 is 24.4 Å². The number of nitrogens with zero attached hydrogens (tertiary/aromatic N) is 1. The summed E-state index contributed by atoms with van der Waals surface area (Å²) < 4.78 is 5.04. The maximum absolute atomic E-state index is 12.1. The van der Waals surface area contributed by atoms with E-state index in [2.05, 4.69) is 17.4 Å². The van der Waals surface area contributed by atoms with Crippen LogP contribution in [0.1, 0.15) is 38.3 Å². The fourth-order valence-corrected chi connectivity index (χ4v) is 4.36. The number of carbonyl (C=O) groups is 4. The van der Waals surface area contributed by atoms with Crippen LogP contribution < -0.4 is 5.32 Å². The zero-order valence-electron chi connectivity index (χ0n) is 16.4. The number of amides is 3. The number of nitrogens with one attached hydrogen (secondary N) is 1. The van der Waals surface area contributed by atoms with E-state index in [0.29, 0.717) is 11.3 Å². The second kappa shape index (κ2) is 8.31. The van der Waals surface area contributed by atoms with Gasteiger partial charge in [0.25, 0.3) is 17.7 Å². The summed E-state index contributed by atoms with van der Waals surface area (Å²) in [6.45, 7) is -0.423. The maximum Gasteiger partial charge on any atom is 0.316 e. The molecule has 3 amide bonds. The predicted octanol–water partition coefficient (Wildman–Crippen LogP) is 2.68. The molecule has 1 N–H and O–H groups in total. The summed E-state index contributed by atoms with van der Waals surface area (Å²) in [5.74, 6) is -1.67. The van der Waals surface area contributed by atoms with Crippen molar-refractivity contribution in [2.75, 3.05) is 24.7 Å². The summed E-state index contributed by atoms with van der Waals surface area (Å²) in [7, 11) is 1.41. The summed E-state index contributed by atoms with van der Waals surface area (Å²) in [6, 6.07) is 10.7. The first-order valence-corrected chi connectivity index (χ1v) is 10.6. The molecule has 0 bridgehead atoms. The van der Waals surface area contributed by atoms with Gasteiger partial charge >= 0.3 is 5.97 Å². The molecule has 0 radical (unpaired) electrons. The number of hydrogen-bond donors (Lipinski definition) is 1. The van der Waals surface area contributed by atoms with Gasteiger partial charge in [-0.1, -0.05) is 6.07 Å². The van der Waals surface area contributed by atoms with Crippen LogP contribution in [-0.4, -0.2) is 48.0 Å².